The Labute approximate surface area is 153 Å². The van der Waals surface area contributed by atoms with Crippen molar-refractivity contribution in [3.63, 3.8) is 0 Å². The summed E-state index contributed by atoms with van der Waals surface area (Å²) < 4.78 is 0. The second kappa shape index (κ2) is 9.28. The number of carbonyl (C=O) groups excluding carboxylic acids is 2. The first-order valence-electron chi connectivity index (χ1n) is 8.22. The van der Waals surface area contributed by atoms with E-state index in [4.69, 9.17) is 0 Å². The maximum atomic E-state index is 12.4. The van der Waals surface area contributed by atoms with Crippen LogP contribution in [0.15, 0.2) is 59.5 Å². The van der Waals surface area contributed by atoms with Gasteiger partial charge in [-0.05, 0) is 43.0 Å². The van der Waals surface area contributed by atoms with Gasteiger partial charge in [0.1, 0.15) is 0 Å². The summed E-state index contributed by atoms with van der Waals surface area (Å²) in [6.07, 6.45) is 2.31. The maximum absolute atomic E-state index is 12.4. The molecule has 0 aliphatic carbocycles. The average molecular weight is 356 g/mol. The zero-order valence-electron chi connectivity index (χ0n) is 14.9. The van der Waals surface area contributed by atoms with Crippen LogP contribution in [-0.2, 0) is 11.3 Å². The van der Waals surface area contributed by atoms with Crippen molar-refractivity contribution in [1.29, 1.82) is 0 Å². The fourth-order valence-corrected chi connectivity index (χ4v) is 2.87. The molecule has 4 nitrogen and oxygen atoms in total. The Hall–Kier alpha value is -2.27. The lowest BCUT2D eigenvalue weighted by Gasteiger charge is -2.20. The number of nitrogens with one attached hydrogen (secondary N) is 1. The molecule has 5 heteroatoms. The standard InChI is InChI=1S/C20H24N2O2S/c1-15(21-20(24)17-7-5-4-6-8-17)13-19(23)22(2)14-16-9-11-18(25-3)12-10-16/h4-12,15H,13-14H2,1-3H3,(H,21,24). The minimum Gasteiger partial charge on any atom is -0.349 e. The molecule has 0 aliphatic rings. The van der Waals surface area contributed by atoms with Crippen LogP contribution >= 0.6 is 11.8 Å². The predicted octanol–water partition coefficient (Wildman–Crippen LogP) is 3.58. The molecule has 2 aromatic rings. The summed E-state index contributed by atoms with van der Waals surface area (Å²) in [7, 11) is 1.79. The van der Waals surface area contributed by atoms with Crippen LogP contribution in [-0.4, -0.2) is 36.1 Å². The lowest BCUT2D eigenvalue weighted by molar-refractivity contribution is -0.130. The number of nitrogens with zero attached hydrogens (tertiary/aromatic N) is 1. The van der Waals surface area contributed by atoms with E-state index in [1.807, 2.05) is 43.5 Å². The minimum atomic E-state index is -0.221. The molecule has 0 heterocycles. The summed E-state index contributed by atoms with van der Waals surface area (Å²) in [5, 5.41) is 2.87. The summed E-state index contributed by atoms with van der Waals surface area (Å²) in [5.41, 5.74) is 1.69. The molecular weight excluding hydrogens is 332 g/mol. The highest BCUT2D eigenvalue weighted by molar-refractivity contribution is 7.98. The van der Waals surface area contributed by atoms with Crippen LogP contribution < -0.4 is 5.32 Å². The smallest absolute Gasteiger partial charge is 0.251 e. The third-order valence-corrected chi connectivity index (χ3v) is 4.64. The molecule has 132 valence electrons. The number of carbonyl (C=O) groups is 2. The Balaban J connectivity index is 1.84. The van der Waals surface area contributed by atoms with Crippen molar-refractivity contribution in [3.8, 4) is 0 Å². The van der Waals surface area contributed by atoms with E-state index in [1.54, 1.807) is 35.8 Å². The highest BCUT2D eigenvalue weighted by Gasteiger charge is 2.16. The molecular formula is C20H24N2O2S. The molecule has 0 radical (unpaired) electrons. The Morgan fingerprint density at radius 2 is 1.72 bits per heavy atom. The van der Waals surface area contributed by atoms with Crippen LogP contribution in [0.1, 0.15) is 29.3 Å². The van der Waals surface area contributed by atoms with Gasteiger partial charge in [-0.1, -0.05) is 30.3 Å². The van der Waals surface area contributed by atoms with Crippen LogP contribution in [0.25, 0.3) is 0 Å². The molecule has 25 heavy (non-hydrogen) atoms. The second-order valence-electron chi connectivity index (χ2n) is 6.04. The highest BCUT2D eigenvalue weighted by atomic mass is 32.2. The number of thioether (sulfide) groups is 1. The van der Waals surface area contributed by atoms with Crippen LogP contribution in [0.4, 0.5) is 0 Å². The molecule has 0 spiro atoms. The number of hydrogen-bond donors (Lipinski definition) is 1. The summed E-state index contributed by atoms with van der Waals surface area (Å²) in [6, 6.07) is 17.0. The highest BCUT2D eigenvalue weighted by Crippen LogP contribution is 2.16. The van der Waals surface area contributed by atoms with E-state index in [0.29, 0.717) is 12.1 Å². The molecule has 0 saturated heterocycles. The number of benzene rings is 2. The van der Waals surface area contributed by atoms with Gasteiger partial charge >= 0.3 is 0 Å². The van der Waals surface area contributed by atoms with E-state index in [1.165, 1.54) is 4.90 Å². The first kappa shape index (κ1) is 19.1. The zero-order chi connectivity index (χ0) is 18.2. The zero-order valence-corrected chi connectivity index (χ0v) is 15.7. The van der Waals surface area contributed by atoms with Crippen molar-refractivity contribution in [3.05, 3.63) is 65.7 Å². The van der Waals surface area contributed by atoms with Crippen LogP contribution in [0.3, 0.4) is 0 Å². The number of rotatable bonds is 7. The van der Waals surface area contributed by atoms with Gasteiger partial charge < -0.3 is 10.2 Å². The molecule has 2 rings (SSSR count). The number of amides is 2. The molecule has 2 amide bonds. The van der Waals surface area contributed by atoms with E-state index in [2.05, 4.69) is 17.4 Å². The van der Waals surface area contributed by atoms with Gasteiger partial charge in [0.15, 0.2) is 0 Å². The fourth-order valence-electron chi connectivity index (χ4n) is 2.46. The van der Waals surface area contributed by atoms with Crippen LogP contribution in [0, 0.1) is 0 Å². The van der Waals surface area contributed by atoms with Gasteiger partial charge in [-0.25, -0.2) is 0 Å². The first-order chi connectivity index (χ1) is 12.0. The Bertz CT molecular complexity index is 701. The Morgan fingerprint density at radius 3 is 2.32 bits per heavy atom. The van der Waals surface area contributed by atoms with Gasteiger partial charge in [0.25, 0.3) is 5.91 Å². The molecule has 0 aliphatic heterocycles. The third kappa shape index (κ3) is 5.94. The number of hydrogen-bond acceptors (Lipinski definition) is 3. The fraction of sp³-hybridized carbons (Fsp3) is 0.300. The lowest BCUT2D eigenvalue weighted by Crippen LogP contribution is -2.37. The van der Waals surface area contributed by atoms with E-state index in [0.717, 1.165) is 5.56 Å². The molecule has 0 aromatic heterocycles. The molecule has 1 N–H and O–H groups in total. The maximum Gasteiger partial charge on any atom is 0.251 e. The van der Waals surface area contributed by atoms with Crippen molar-refractivity contribution in [2.75, 3.05) is 13.3 Å². The Kier molecular flexibility index (Phi) is 7.07. The molecule has 2 aromatic carbocycles. The van der Waals surface area contributed by atoms with E-state index in [-0.39, 0.29) is 24.3 Å². The summed E-state index contributed by atoms with van der Waals surface area (Å²) in [6.45, 7) is 2.41. The summed E-state index contributed by atoms with van der Waals surface area (Å²) in [4.78, 5) is 27.4. The van der Waals surface area contributed by atoms with E-state index >= 15 is 0 Å². The van der Waals surface area contributed by atoms with Gasteiger partial charge in [-0.3, -0.25) is 9.59 Å². The molecule has 0 bridgehead atoms. The normalized spacial score (nSPS) is 11.6. The summed E-state index contributed by atoms with van der Waals surface area (Å²) in [5.74, 6) is -0.147. The third-order valence-electron chi connectivity index (χ3n) is 3.90. The largest absolute Gasteiger partial charge is 0.349 e. The molecule has 1 atom stereocenters. The average Bonchev–Trinajstić information content (AvgIpc) is 2.62. The van der Waals surface area contributed by atoms with Gasteiger partial charge in [0.2, 0.25) is 5.91 Å². The van der Waals surface area contributed by atoms with Crippen molar-refractivity contribution in [2.24, 2.45) is 0 Å². The van der Waals surface area contributed by atoms with Gasteiger partial charge in [-0.15, -0.1) is 11.8 Å². The van der Waals surface area contributed by atoms with Gasteiger partial charge in [0, 0.05) is 36.5 Å². The van der Waals surface area contributed by atoms with E-state index in [9.17, 15) is 9.59 Å². The minimum absolute atomic E-state index is 0.00908. The van der Waals surface area contributed by atoms with Crippen molar-refractivity contribution in [1.82, 2.24) is 10.2 Å². The predicted molar refractivity (Wildman–Crippen MR) is 103 cm³/mol. The summed E-state index contributed by atoms with van der Waals surface area (Å²) >= 11 is 1.69. The first-order valence-corrected chi connectivity index (χ1v) is 9.45. The quantitative estimate of drug-likeness (QED) is 0.772. The monoisotopic (exact) mass is 356 g/mol. The van der Waals surface area contributed by atoms with Crippen molar-refractivity contribution >= 4 is 23.6 Å². The van der Waals surface area contributed by atoms with Crippen molar-refractivity contribution < 1.29 is 9.59 Å². The van der Waals surface area contributed by atoms with Crippen LogP contribution in [0.2, 0.25) is 0 Å². The van der Waals surface area contributed by atoms with Crippen LogP contribution in [0.5, 0.6) is 0 Å². The van der Waals surface area contributed by atoms with Gasteiger partial charge in [-0.2, -0.15) is 0 Å². The molecule has 1 unspecified atom stereocenters. The molecule has 0 fully saturated rings. The van der Waals surface area contributed by atoms with Crippen molar-refractivity contribution in [2.45, 2.75) is 30.8 Å². The van der Waals surface area contributed by atoms with Gasteiger partial charge in [0.05, 0.1) is 0 Å². The topological polar surface area (TPSA) is 49.4 Å². The van der Waals surface area contributed by atoms with E-state index < -0.39 is 0 Å². The Morgan fingerprint density at radius 1 is 1.08 bits per heavy atom. The molecule has 0 saturated carbocycles. The SMILES string of the molecule is CSc1ccc(CN(C)C(=O)CC(C)NC(=O)c2ccccc2)cc1. The second-order valence-corrected chi connectivity index (χ2v) is 6.92. The lowest BCUT2D eigenvalue weighted by atomic mass is 10.1.